The van der Waals surface area contributed by atoms with E-state index in [0.29, 0.717) is 0 Å². The second-order valence-corrected chi connectivity index (χ2v) is 6.37. The minimum atomic E-state index is 0.901. The Bertz CT molecular complexity index is 922. The van der Waals surface area contributed by atoms with Crippen LogP contribution in [-0.2, 0) is 6.42 Å². The van der Waals surface area contributed by atoms with Crippen LogP contribution in [-0.4, -0.2) is 9.78 Å². The molecule has 0 N–H and O–H groups in total. The quantitative estimate of drug-likeness (QED) is 0.642. The van der Waals surface area contributed by atoms with Crippen LogP contribution in [0.5, 0.6) is 0 Å². The van der Waals surface area contributed by atoms with Crippen LogP contribution in [0.15, 0.2) is 42.5 Å². The van der Waals surface area contributed by atoms with Gasteiger partial charge in [0.1, 0.15) is 0 Å². The van der Waals surface area contributed by atoms with E-state index in [9.17, 15) is 0 Å². The molecule has 2 heteroatoms. The summed E-state index contributed by atoms with van der Waals surface area (Å²) in [5.41, 5.74) is 9.27. The number of benzene rings is 2. The molecule has 0 aliphatic rings. The smallest absolute Gasteiger partial charge is 0.0678 e. The highest BCUT2D eigenvalue weighted by atomic mass is 15.3. The molecule has 0 amide bonds. The summed E-state index contributed by atoms with van der Waals surface area (Å²) >= 11 is 0. The van der Waals surface area contributed by atoms with Crippen molar-refractivity contribution in [1.29, 1.82) is 0 Å². The van der Waals surface area contributed by atoms with Gasteiger partial charge in [0, 0.05) is 23.2 Å². The molecule has 0 atom stereocenters. The largest absolute Gasteiger partial charge is 0.237 e. The van der Waals surface area contributed by atoms with Crippen LogP contribution < -0.4 is 0 Å². The number of aromatic nitrogens is 2. The third-order valence-corrected chi connectivity index (χ3v) is 4.53. The first-order valence-corrected chi connectivity index (χ1v) is 8.18. The molecule has 120 valence electrons. The fourth-order valence-electron chi connectivity index (χ4n) is 3.06. The molecule has 24 heavy (non-hydrogen) atoms. The number of nitrogens with zero attached hydrogens (tertiary/aromatic N) is 2. The highest BCUT2D eigenvalue weighted by Gasteiger charge is 2.14. The second-order valence-electron chi connectivity index (χ2n) is 6.37. The molecule has 0 saturated heterocycles. The van der Waals surface area contributed by atoms with Crippen LogP contribution in [0, 0.1) is 40.0 Å². The molecule has 3 rings (SSSR count). The van der Waals surface area contributed by atoms with Crippen molar-refractivity contribution in [2.24, 2.45) is 0 Å². The van der Waals surface area contributed by atoms with E-state index in [2.05, 4.69) is 63.9 Å². The molecule has 3 aromatic rings. The maximum Gasteiger partial charge on any atom is 0.0678 e. The Morgan fingerprint density at radius 1 is 1.00 bits per heavy atom. The third-order valence-electron chi connectivity index (χ3n) is 4.53. The van der Waals surface area contributed by atoms with Gasteiger partial charge in [0.25, 0.3) is 0 Å². The van der Waals surface area contributed by atoms with Crippen molar-refractivity contribution < 1.29 is 0 Å². The Kier molecular flexibility index (Phi) is 4.27. The fraction of sp³-hybridized carbons (Fsp3) is 0.227. The highest BCUT2D eigenvalue weighted by Crippen LogP contribution is 2.23. The summed E-state index contributed by atoms with van der Waals surface area (Å²) in [6.45, 7) is 8.41. The van der Waals surface area contributed by atoms with E-state index in [1.165, 1.54) is 22.4 Å². The average molecular weight is 314 g/mol. The molecule has 0 saturated carbocycles. The van der Waals surface area contributed by atoms with Crippen molar-refractivity contribution in [2.75, 3.05) is 0 Å². The fourth-order valence-corrected chi connectivity index (χ4v) is 3.06. The van der Waals surface area contributed by atoms with Crippen molar-refractivity contribution in [1.82, 2.24) is 9.78 Å². The van der Waals surface area contributed by atoms with E-state index < -0.39 is 0 Å². The zero-order chi connectivity index (χ0) is 17.3. The van der Waals surface area contributed by atoms with Crippen molar-refractivity contribution in [2.45, 2.75) is 34.1 Å². The van der Waals surface area contributed by atoms with Gasteiger partial charge in [-0.05, 0) is 57.0 Å². The van der Waals surface area contributed by atoms with E-state index in [0.717, 1.165) is 28.9 Å². The molecule has 0 radical (unpaired) electrons. The highest BCUT2D eigenvalue weighted by molar-refractivity contribution is 5.48. The number of aryl methyl sites for hydroxylation is 3. The number of hydrogen-bond acceptors (Lipinski definition) is 1. The minimum Gasteiger partial charge on any atom is -0.237 e. The summed E-state index contributed by atoms with van der Waals surface area (Å²) in [7, 11) is 0. The van der Waals surface area contributed by atoms with Gasteiger partial charge in [0.15, 0.2) is 0 Å². The third kappa shape index (κ3) is 2.98. The van der Waals surface area contributed by atoms with E-state index >= 15 is 0 Å². The van der Waals surface area contributed by atoms with Crippen LogP contribution in [0.3, 0.4) is 0 Å². The average Bonchev–Trinajstić information content (AvgIpc) is 2.84. The first-order chi connectivity index (χ1) is 11.5. The molecule has 0 aliphatic carbocycles. The standard InChI is InChI=1S/C22H22N2/c1-6-19-11-12-22(16(3)13-19)24-18(5)21(17(4)23-24)14-20-9-7-15(2)8-10-20/h1,7-13H,14H2,2-5H3. The molecular formula is C22H22N2. The van der Waals surface area contributed by atoms with Gasteiger partial charge in [-0.25, -0.2) is 4.68 Å². The summed E-state index contributed by atoms with van der Waals surface area (Å²) in [6, 6.07) is 14.8. The topological polar surface area (TPSA) is 17.8 Å². The normalized spacial score (nSPS) is 10.6. The Hall–Kier alpha value is -2.79. The van der Waals surface area contributed by atoms with E-state index in [1.807, 2.05) is 16.8 Å². The first-order valence-electron chi connectivity index (χ1n) is 8.18. The zero-order valence-corrected chi connectivity index (χ0v) is 14.7. The molecule has 1 heterocycles. The Balaban J connectivity index is 2.00. The second kappa shape index (κ2) is 6.37. The molecule has 1 aromatic heterocycles. The zero-order valence-electron chi connectivity index (χ0n) is 14.7. The molecule has 0 aliphatic heterocycles. The van der Waals surface area contributed by atoms with Crippen LogP contribution in [0.4, 0.5) is 0 Å². The molecular weight excluding hydrogens is 292 g/mol. The van der Waals surface area contributed by atoms with Gasteiger partial charge in [-0.3, -0.25) is 0 Å². The van der Waals surface area contributed by atoms with Crippen molar-refractivity contribution >= 4 is 0 Å². The van der Waals surface area contributed by atoms with Crippen molar-refractivity contribution in [3.8, 4) is 18.0 Å². The van der Waals surface area contributed by atoms with Crippen LogP contribution in [0.25, 0.3) is 5.69 Å². The van der Waals surface area contributed by atoms with E-state index in [1.54, 1.807) is 0 Å². The Labute approximate surface area is 144 Å². The Morgan fingerprint density at radius 3 is 2.33 bits per heavy atom. The summed E-state index contributed by atoms with van der Waals surface area (Å²) in [5, 5.41) is 4.78. The lowest BCUT2D eigenvalue weighted by Gasteiger charge is -2.09. The number of rotatable bonds is 3. The van der Waals surface area contributed by atoms with Gasteiger partial charge in [-0.1, -0.05) is 35.7 Å². The van der Waals surface area contributed by atoms with Gasteiger partial charge < -0.3 is 0 Å². The lowest BCUT2D eigenvalue weighted by molar-refractivity contribution is 0.826. The van der Waals surface area contributed by atoms with Crippen LogP contribution in [0.2, 0.25) is 0 Å². The van der Waals surface area contributed by atoms with Crippen molar-refractivity contribution in [3.63, 3.8) is 0 Å². The van der Waals surface area contributed by atoms with Crippen LogP contribution in [0.1, 0.15) is 39.2 Å². The van der Waals surface area contributed by atoms with Crippen molar-refractivity contribution in [3.05, 3.63) is 81.7 Å². The Morgan fingerprint density at radius 2 is 1.71 bits per heavy atom. The molecule has 0 spiro atoms. The van der Waals surface area contributed by atoms with Crippen LogP contribution >= 0.6 is 0 Å². The summed E-state index contributed by atoms with van der Waals surface area (Å²) in [5.74, 6) is 2.69. The molecule has 0 unspecified atom stereocenters. The van der Waals surface area contributed by atoms with Gasteiger partial charge in [0.05, 0.1) is 11.4 Å². The van der Waals surface area contributed by atoms with E-state index in [4.69, 9.17) is 11.5 Å². The predicted molar refractivity (Wildman–Crippen MR) is 99.7 cm³/mol. The van der Waals surface area contributed by atoms with Gasteiger partial charge >= 0.3 is 0 Å². The van der Waals surface area contributed by atoms with Gasteiger partial charge in [-0.15, -0.1) is 6.42 Å². The lowest BCUT2D eigenvalue weighted by atomic mass is 10.0. The molecule has 2 nitrogen and oxygen atoms in total. The summed E-state index contributed by atoms with van der Waals surface area (Å²) in [4.78, 5) is 0. The van der Waals surface area contributed by atoms with Gasteiger partial charge in [-0.2, -0.15) is 5.10 Å². The summed E-state index contributed by atoms with van der Waals surface area (Å²) < 4.78 is 2.04. The molecule has 0 bridgehead atoms. The first kappa shape index (κ1) is 16.1. The minimum absolute atomic E-state index is 0.901. The molecule has 0 fully saturated rings. The lowest BCUT2D eigenvalue weighted by Crippen LogP contribution is -2.02. The molecule has 2 aromatic carbocycles. The number of hydrogen-bond donors (Lipinski definition) is 0. The van der Waals surface area contributed by atoms with Gasteiger partial charge in [0.2, 0.25) is 0 Å². The van der Waals surface area contributed by atoms with E-state index in [-0.39, 0.29) is 0 Å². The number of terminal acetylenes is 1. The predicted octanol–water partition coefficient (Wildman–Crippen LogP) is 4.68. The monoisotopic (exact) mass is 314 g/mol. The summed E-state index contributed by atoms with van der Waals surface area (Å²) in [6.07, 6.45) is 6.39. The maximum absolute atomic E-state index is 5.49. The maximum atomic E-state index is 5.49. The SMILES string of the molecule is C#Cc1ccc(-n2nc(C)c(Cc3ccc(C)cc3)c2C)c(C)c1.